The first-order valence-corrected chi connectivity index (χ1v) is 5.98. The van der Waals surface area contributed by atoms with Gasteiger partial charge in [0.2, 0.25) is 0 Å². The van der Waals surface area contributed by atoms with E-state index in [9.17, 15) is 18.0 Å². The Bertz CT molecular complexity index is 708. The number of carbonyl (C=O) groups is 1. The van der Waals surface area contributed by atoms with Gasteiger partial charge < -0.3 is 9.67 Å². The molecule has 0 amide bonds. The van der Waals surface area contributed by atoms with E-state index in [0.29, 0.717) is 11.9 Å². The molecule has 8 heteroatoms. The second kappa shape index (κ2) is 5.61. The van der Waals surface area contributed by atoms with Gasteiger partial charge in [-0.05, 0) is 24.3 Å². The average molecular weight is 317 g/mol. The molecule has 21 heavy (non-hydrogen) atoms. The normalized spacial score (nSPS) is 12.0. The summed E-state index contributed by atoms with van der Waals surface area (Å²) in [4.78, 5) is 14.2. The van der Waals surface area contributed by atoms with Crippen molar-refractivity contribution in [3.05, 3.63) is 52.9 Å². The summed E-state index contributed by atoms with van der Waals surface area (Å²) in [5.74, 6) is -1.06. The number of hydrogen-bond acceptors (Lipinski definition) is 2. The molecule has 2 rings (SSSR count). The standard InChI is InChI=1S/C13H8ClF3N2O2/c14-10-6-8(13(15,16)17)7-18-12(10)19-5-1-2-9(19)3-4-11(20)21/h1-7H,(H,20,21)/b4-3+. The van der Waals surface area contributed by atoms with Crippen LogP contribution in [0.2, 0.25) is 5.02 Å². The van der Waals surface area contributed by atoms with Gasteiger partial charge in [-0.2, -0.15) is 13.2 Å². The van der Waals surface area contributed by atoms with Crippen molar-refractivity contribution in [3.63, 3.8) is 0 Å². The van der Waals surface area contributed by atoms with E-state index in [-0.39, 0.29) is 10.8 Å². The lowest BCUT2D eigenvalue weighted by atomic mass is 10.2. The van der Waals surface area contributed by atoms with Gasteiger partial charge in [0.15, 0.2) is 5.82 Å². The molecule has 0 saturated carbocycles. The lowest BCUT2D eigenvalue weighted by Gasteiger charge is -2.11. The van der Waals surface area contributed by atoms with Crippen molar-refractivity contribution >= 4 is 23.6 Å². The number of aliphatic carboxylic acids is 1. The topological polar surface area (TPSA) is 55.1 Å². The monoisotopic (exact) mass is 316 g/mol. The molecule has 0 aromatic carbocycles. The smallest absolute Gasteiger partial charge is 0.417 e. The summed E-state index contributed by atoms with van der Waals surface area (Å²) in [6.45, 7) is 0. The molecule has 0 radical (unpaired) electrons. The number of carboxylic acids is 1. The number of nitrogens with zero attached hydrogens (tertiary/aromatic N) is 2. The zero-order valence-electron chi connectivity index (χ0n) is 10.3. The van der Waals surface area contributed by atoms with E-state index >= 15 is 0 Å². The van der Waals surface area contributed by atoms with E-state index in [1.807, 2.05) is 0 Å². The highest BCUT2D eigenvalue weighted by Crippen LogP contribution is 2.32. The van der Waals surface area contributed by atoms with Crippen molar-refractivity contribution in [2.75, 3.05) is 0 Å². The third kappa shape index (κ3) is 3.43. The summed E-state index contributed by atoms with van der Waals surface area (Å²) in [6.07, 6.45) is -0.144. The van der Waals surface area contributed by atoms with E-state index < -0.39 is 17.7 Å². The first-order valence-electron chi connectivity index (χ1n) is 5.60. The number of aromatic nitrogens is 2. The molecule has 110 valence electrons. The van der Waals surface area contributed by atoms with Crippen LogP contribution in [0, 0.1) is 0 Å². The molecule has 2 aromatic rings. The maximum absolute atomic E-state index is 12.5. The Morgan fingerprint density at radius 2 is 2.14 bits per heavy atom. The maximum Gasteiger partial charge on any atom is 0.417 e. The highest BCUT2D eigenvalue weighted by atomic mass is 35.5. The molecule has 0 aliphatic carbocycles. The molecule has 0 atom stereocenters. The van der Waals surface area contributed by atoms with Gasteiger partial charge in [-0.1, -0.05) is 11.6 Å². The summed E-state index contributed by atoms with van der Waals surface area (Å²) in [7, 11) is 0. The quantitative estimate of drug-likeness (QED) is 0.880. The van der Waals surface area contributed by atoms with Crippen LogP contribution in [-0.2, 0) is 11.0 Å². The number of hydrogen-bond donors (Lipinski definition) is 1. The summed E-state index contributed by atoms with van der Waals surface area (Å²) in [5.41, 5.74) is -0.530. The fraction of sp³-hybridized carbons (Fsp3) is 0.0769. The molecule has 0 bridgehead atoms. The van der Waals surface area contributed by atoms with Crippen molar-refractivity contribution in [2.45, 2.75) is 6.18 Å². The van der Waals surface area contributed by atoms with Gasteiger partial charge in [0.25, 0.3) is 0 Å². The average Bonchev–Trinajstić information content (AvgIpc) is 2.83. The van der Waals surface area contributed by atoms with Gasteiger partial charge in [0.1, 0.15) is 0 Å². The van der Waals surface area contributed by atoms with E-state index in [1.54, 1.807) is 12.1 Å². The Balaban J connectivity index is 2.44. The summed E-state index contributed by atoms with van der Waals surface area (Å²) in [6, 6.07) is 3.95. The highest BCUT2D eigenvalue weighted by Gasteiger charge is 2.31. The van der Waals surface area contributed by atoms with Crippen LogP contribution in [0.25, 0.3) is 11.9 Å². The second-order valence-corrected chi connectivity index (χ2v) is 4.41. The minimum absolute atomic E-state index is 0.0831. The summed E-state index contributed by atoms with van der Waals surface area (Å²) < 4.78 is 39.0. The first kappa shape index (κ1) is 15.1. The number of carboxylic acid groups (broad SMARTS) is 1. The Morgan fingerprint density at radius 1 is 1.43 bits per heavy atom. The minimum atomic E-state index is -4.53. The SMILES string of the molecule is O=C(O)/C=C/c1cccn1-c1ncc(C(F)(F)F)cc1Cl. The fourth-order valence-corrected chi connectivity index (χ4v) is 1.90. The largest absolute Gasteiger partial charge is 0.478 e. The third-order valence-corrected chi connectivity index (χ3v) is 2.83. The Morgan fingerprint density at radius 3 is 2.71 bits per heavy atom. The van der Waals surface area contributed by atoms with E-state index in [2.05, 4.69) is 4.98 Å². The molecule has 2 heterocycles. The zero-order valence-corrected chi connectivity index (χ0v) is 11.1. The van der Waals surface area contributed by atoms with E-state index in [0.717, 1.165) is 12.1 Å². The number of halogens is 4. The molecule has 0 aliphatic heterocycles. The Kier molecular flexibility index (Phi) is 4.04. The van der Waals surface area contributed by atoms with Crippen LogP contribution in [0.4, 0.5) is 13.2 Å². The summed E-state index contributed by atoms with van der Waals surface area (Å²) in [5, 5.41) is 8.40. The van der Waals surface area contributed by atoms with Crippen LogP contribution in [0.1, 0.15) is 11.3 Å². The molecule has 4 nitrogen and oxygen atoms in total. The van der Waals surface area contributed by atoms with Gasteiger partial charge >= 0.3 is 12.1 Å². The molecule has 0 saturated heterocycles. The summed E-state index contributed by atoms with van der Waals surface area (Å²) >= 11 is 5.84. The first-order chi connectivity index (χ1) is 9.79. The van der Waals surface area contributed by atoms with Crippen molar-refractivity contribution < 1.29 is 23.1 Å². The van der Waals surface area contributed by atoms with Crippen LogP contribution < -0.4 is 0 Å². The lowest BCUT2D eigenvalue weighted by Crippen LogP contribution is -2.08. The van der Waals surface area contributed by atoms with Crippen molar-refractivity contribution in [3.8, 4) is 5.82 Å². The van der Waals surface area contributed by atoms with Crippen LogP contribution in [-0.4, -0.2) is 20.6 Å². The number of rotatable bonds is 3. The van der Waals surface area contributed by atoms with Gasteiger partial charge in [-0.15, -0.1) is 0 Å². The lowest BCUT2D eigenvalue weighted by molar-refractivity contribution is -0.137. The predicted molar refractivity (Wildman–Crippen MR) is 70.2 cm³/mol. The van der Waals surface area contributed by atoms with Crippen molar-refractivity contribution in [1.82, 2.24) is 9.55 Å². The molecule has 1 N–H and O–H groups in total. The van der Waals surface area contributed by atoms with E-state index in [4.69, 9.17) is 16.7 Å². The number of alkyl halides is 3. The van der Waals surface area contributed by atoms with Crippen LogP contribution in [0.3, 0.4) is 0 Å². The molecule has 0 unspecified atom stereocenters. The molecule has 0 fully saturated rings. The molecular weight excluding hydrogens is 309 g/mol. The molecule has 2 aromatic heterocycles. The fourth-order valence-electron chi connectivity index (χ4n) is 1.64. The zero-order chi connectivity index (χ0) is 15.6. The van der Waals surface area contributed by atoms with Crippen molar-refractivity contribution in [1.29, 1.82) is 0 Å². The predicted octanol–water partition coefficient (Wildman–Crippen LogP) is 3.64. The molecular formula is C13H8ClF3N2O2. The van der Waals surface area contributed by atoms with Gasteiger partial charge in [-0.3, -0.25) is 0 Å². The van der Waals surface area contributed by atoms with Crippen molar-refractivity contribution in [2.24, 2.45) is 0 Å². The van der Waals surface area contributed by atoms with Gasteiger partial charge in [-0.25, -0.2) is 9.78 Å². The molecule has 0 spiro atoms. The second-order valence-electron chi connectivity index (χ2n) is 4.00. The highest BCUT2D eigenvalue weighted by molar-refractivity contribution is 6.32. The third-order valence-electron chi connectivity index (χ3n) is 2.55. The molecule has 0 aliphatic rings. The Labute approximate surface area is 122 Å². The van der Waals surface area contributed by atoms with Crippen LogP contribution >= 0.6 is 11.6 Å². The van der Waals surface area contributed by atoms with Crippen LogP contribution in [0.15, 0.2) is 36.7 Å². The van der Waals surface area contributed by atoms with E-state index in [1.165, 1.54) is 16.8 Å². The van der Waals surface area contributed by atoms with Crippen LogP contribution in [0.5, 0.6) is 0 Å². The minimum Gasteiger partial charge on any atom is -0.478 e. The maximum atomic E-state index is 12.5. The van der Waals surface area contributed by atoms with Gasteiger partial charge in [0, 0.05) is 24.2 Å². The number of pyridine rings is 1. The van der Waals surface area contributed by atoms with Gasteiger partial charge in [0.05, 0.1) is 10.6 Å². The Hall–Kier alpha value is -2.28.